The van der Waals surface area contributed by atoms with Crippen LogP contribution in [0.4, 0.5) is 0 Å². The normalized spacial score (nSPS) is 23.5. The Morgan fingerprint density at radius 1 is 1.36 bits per heavy atom. The van der Waals surface area contributed by atoms with E-state index in [1.165, 1.54) is 10.4 Å². The maximum atomic E-state index is 13.2. The highest BCUT2D eigenvalue weighted by Crippen LogP contribution is 2.32. The van der Waals surface area contributed by atoms with Gasteiger partial charge in [0.05, 0.1) is 18.6 Å². The Hall–Kier alpha value is -1.35. The van der Waals surface area contributed by atoms with E-state index in [-0.39, 0.29) is 35.1 Å². The summed E-state index contributed by atoms with van der Waals surface area (Å²) in [6, 6.07) is 4.57. The molecule has 3 rings (SSSR count). The van der Waals surface area contributed by atoms with Gasteiger partial charge in [0.1, 0.15) is 10.6 Å². The SMILES string of the molecule is CCOc1ccc(Cl)cc1S(=O)(=O)N1CCC[C@H](C(=O)NC[C@@H]2CCCO2)C1. The molecule has 0 spiro atoms. The van der Waals surface area contributed by atoms with Crippen LogP contribution in [-0.4, -0.2) is 57.6 Å². The fourth-order valence-electron chi connectivity index (χ4n) is 3.64. The van der Waals surface area contributed by atoms with E-state index in [0.29, 0.717) is 37.6 Å². The van der Waals surface area contributed by atoms with E-state index in [0.717, 1.165) is 19.4 Å². The molecule has 2 aliphatic heterocycles. The van der Waals surface area contributed by atoms with Crippen molar-refractivity contribution in [2.24, 2.45) is 5.92 Å². The Bertz CT molecular complexity index is 796. The molecule has 2 fully saturated rings. The summed E-state index contributed by atoms with van der Waals surface area (Å²) in [4.78, 5) is 12.6. The van der Waals surface area contributed by atoms with Crippen LogP contribution in [0.25, 0.3) is 0 Å². The van der Waals surface area contributed by atoms with Crippen molar-refractivity contribution in [1.82, 2.24) is 9.62 Å². The lowest BCUT2D eigenvalue weighted by Crippen LogP contribution is -2.46. The summed E-state index contributed by atoms with van der Waals surface area (Å²) in [7, 11) is -3.82. The number of carbonyl (C=O) groups excluding carboxylic acids is 1. The molecule has 0 aromatic heterocycles. The summed E-state index contributed by atoms with van der Waals surface area (Å²) in [6.45, 7) is 3.87. The van der Waals surface area contributed by atoms with Crippen LogP contribution in [0.2, 0.25) is 5.02 Å². The van der Waals surface area contributed by atoms with Gasteiger partial charge in [0, 0.05) is 31.3 Å². The Morgan fingerprint density at radius 2 is 2.18 bits per heavy atom. The predicted molar refractivity (Wildman–Crippen MR) is 106 cm³/mol. The Labute approximate surface area is 171 Å². The van der Waals surface area contributed by atoms with Gasteiger partial charge in [-0.25, -0.2) is 8.42 Å². The van der Waals surface area contributed by atoms with E-state index >= 15 is 0 Å². The molecular weight excluding hydrogens is 404 g/mol. The standard InChI is InChI=1S/C19H27ClN2O5S/c1-2-26-17-8-7-15(20)11-18(17)28(24,25)22-9-3-5-14(13-22)19(23)21-12-16-6-4-10-27-16/h7-8,11,14,16H,2-6,9-10,12-13H2,1H3,(H,21,23)/t14-,16-/m0/s1. The molecule has 2 atom stereocenters. The molecule has 1 N–H and O–H groups in total. The molecular formula is C19H27ClN2O5S. The first-order valence-corrected chi connectivity index (χ1v) is 11.6. The fraction of sp³-hybridized carbons (Fsp3) is 0.632. The third kappa shape index (κ3) is 4.97. The van der Waals surface area contributed by atoms with Crippen molar-refractivity contribution in [3.05, 3.63) is 23.2 Å². The number of amides is 1. The van der Waals surface area contributed by atoms with E-state index in [9.17, 15) is 13.2 Å². The van der Waals surface area contributed by atoms with Crippen molar-refractivity contribution in [2.45, 2.75) is 43.6 Å². The first-order valence-electron chi connectivity index (χ1n) is 9.73. The lowest BCUT2D eigenvalue weighted by atomic mass is 9.99. The van der Waals surface area contributed by atoms with Crippen molar-refractivity contribution in [1.29, 1.82) is 0 Å². The molecule has 9 heteroatoms. The topological polar surface area (TPSA) is 84.9 Å². The Balaban J connectivity index is 1.70. The number of halogens is 1. The molecule has 156 valence electrons. The van der Waals surface area contributed by atoms with Crippen LogP contribution < -0.4 is 10.1 Å². The summed E-state index contributed by atoms with van der Waals surface area (Å²) in [5.74, 6) is -0.219. The quantitative estimate of drug-likeness (QED) is 0.718. The van der Waals surface area contributed by atoms with Gasteiger partial charge in [0.2, 0.25) is 15.9 Å². The monoisotopic (exact) mass is 430 g/mol. The molecule has 1 amide bonds. The van der Waals surface area contributed by atoms with E-state index < -0.39 is 10.0 Å². The number of rotatable bonds is 7. The maximum Gasteiger partial charge on any atom is 0.246 e. The van der Waals surface area contributed by atoms with Gasteiger partial charge >= 0.3 is 0 Å². The van der Waals surface area contributed by atoms with Gasteiger partial charge in [-0.15, -0.1) is 0 Å². The first-order chi connectivity index (χ1) is 13.4. The number of carbonyl (C=O) groups is 1. The van der Waals surface area contributed by atoms with Gasteiger partial charge < -0.3 is 14.8 Å². The first kappa shape index (κ1) is 21.4. The van der Waals surface area contributed by atoms with Crippen LogP contribution in [0.1, 0.15) is 32.6 Å². The number of hydrogen-bond acceptors (Lipinski definition) is 5. The van der Waals surface area contributed by atoms with Crippen molar-refractivity contribution in [3.8, 4) is 5.75 Å². The maximum absolute atomic E-state index is 13.2. The average Bonchev–Trinajstić information content (AvgIpc) is 3.21. The largest absolute Gasteiger partial charge is 0.492 e. The summed E-state index contributed by atoms with van der Waals surface area (Å²) in [6.07, 6.45) is 3.31. The van der Waals surface area contributed by atoms with Crippen LogP contribution in [0.3, 0.4) is 0 Å². The number of benzene rings is 1. The molecule has 2 saturated heterocycles. The van der Waals surface area contributed by atoms with E-state index in [4.69, 9.17) is 21.1 Å². The van der Waals surface area contributed by atoms with Crippen LogP contribution in [-0.2, 0) is 19.6 Å². The van der Waals surface area contributed by atoms with Crippen LogP contribution >= 0.6 is 11.6 Å². The third-order valence-corrected chi connectivity index (χ3v) is 7.23. The second-order valence-electron chi connectivity index (χ2n) is 7.11. The number of nitrogens with one attached hydrogen (secondary N) is 1. The van der Waals surface area contributed by atoms with Crippen molar-refractivity contribution < 1.29 is 22.7 Å². The molecule has 0 saturated carbocycles. The fourth-order valence-corrected chi connectivity index (χ4v) is 5.55. The van der Waals surface area contributed by atoms with Gasteiger partial charge in [-0.05, 0) is 50.8 Å². The highest BCUT2D eigenvalue weighted by atomic mass is 35.5. The highest BCUT2D eigenvalue weighted by Gasteiger charge is 2.35. The number of ether oxygens (including phenoxy) is 2. The molecule has 1 aromatic carbocycles. The molecule has 28 heavy (non-hydrogen) atoms. The summed E-state index contributed by atoms with van der Waals surface area (Å²) < 4.78 is 38.8. The van der Waals surface area contributed by atoms with Crippen molar-refractivity contribution >= 4 is 27.5 Å². The van der Waals surface area contributed by atoms with Gasteiger partial charge in [-0.1, -0.05) is 11.6 Å². The minimum atomic E-state index is -3.82. The minimum Gasteiger partial charge on any atom is -0.492 e. The highest BCUT2D eigenvalue weighted by molar-refractivity contribution is 7.89. The summed E-state index contributed by atoms with van der Waals surface area (Å²) in [5, 5.41) is 3.24. The van der Waals surface area contributed by atoms with E-state index in [1.807, 2.05) is 0 Å². The number of nitrogens with zero attached hydrogens (tertiary/aromatic N) is 1. The number of hydrogen-bond donors (Lipinski definition) is 1. The molecule has 0 aliphatic carbocycles. The second kappa shape index (κ2) is 9.43. The molecule has 1 aromatic rings. The zero-order valence-electron chi connectivity index (χ0n) is 16.0. The number of sulfonamides is 1. The average molecular weight is 431 g/mol. The van der Waals surface area contributed by atoms with Gasteiger partial charge in [0.15, 0.2) is 0 Å². The van der Waals surface area contributed by atoms with Gasteiger partial charge in [-0.3, -0.25) is 4.79 Å². The number of piperidine rings is 1. The van der Waals surface area contributed by atoms with E-state index in [1.54, 1.807) is 19.1 Å². The zero-order chi connectivity index (χ0) is 20.1. The molecule has 0 radical (unpaired) electrons. The van der Waals surface area contributed by atoms with Crippen LogP contribution in [0, 0.1) is 5.92 Å². The van der Waals surface area contributed by atoms with Gasteiger partial charge in [0.25, 0.3) is 0 Å². The van der Waals surface area contributed by atoms with E-state index in [2.05, 4.69) is 5.32 Å². The zero-order valence-corrected chi connectivity index (χ0v) is 17.6. The molecule has 2 heterocycles. The van der Waals surface area contributed by atoms with Gasteiger partial charge in [-0.2, -0.15) is 4.31 Å². The molecule has 2 aliphatic rings. The Morgan fingerprint density at radius 3 is 2.89 bits per heavy atom. The minimum absolute atomic E-state index is 0.0438. The summed E-state index contributed by atoms with van der Waals surface area (Å²) >= 11 is 6.03. The molecule has 7 nitrogen and oxygen atoms in total. The third-order valence-electron chi connectivity index (χ3n) is 5.11. The molecule has 0 unspecified atom stereocenters. The molecule has 0 bridgehead atoms. The Kier molecular flexibility index (Phi) is 7.20. The lowest BCUT2D eigenvalue weighted by Gasteiger charge is -2.31. The van der Waals surface area contributed by atoms with Crippen molar-refractivity contribution in [2.75, 3.05) is 32.8 Å². The predicted octanol–water partition coefficient (Wildman–Crippen LogP) is 2.43. The summed E-state index contributed by atoms with van der Waals surface area (Å²) in [5.41, 5.74) is 0. The second-order valence-corrected chi connectivity index (χ2v) is 9.45. The van der Waals surface area contributed by atoms with Crippen LogP contribution in [0.5, 0.6) is 5.75 Å². The smallest absolute Gasteiger partial charge is 0.246 e. The lowest BCUT2D eigenvalue weighted by molar-refractivity contribution is -0.126. The van der Waals surface area contributed by atoms with Crippen LogP contribution in [0.15, 0.2) is 23.1 Å². The van der Waals surface area contributed by atoms with Crippen molar-refractivity contribution in [3.63, 3.8) is 0 Å².